The second-order valence-corrected chi connectivity index (χ2v) is 9.81. The van der Waals surface area contributed by atoms with Crippen LogP contribution >= 0.6 is 0 Å². The Hall–Kier alpha value is -6.63. The number of nitrogens with one attached hydrogen (secondary N) is 2. The van der Waals surface area contributed by atoms with Crippen LogP contribution in [-0.2, 0) is 14.1 Å². The number of rotatable bonds is 5. The zero-order valence-corrected chi connectivity index (χ0v) is 25.2. The molecule has 0 saturated carbocycles. The number of H-pyrrole nitrogens is 1. The van der Waals surface area contributed by atoms with Crippen LogP contribution in [0.2, 0.25) is 0 Å². The summed E-state index contributed by atoms with van der Waals surface area (Å²) in [6.45, 7) is 0. The molecule has 46 heavy (non-hydrogen) atoms. The van der Waals surface area contributed by atoms with Crippen LogP contribution in [-0.4, -0.2) is 50.6 Å². The fourth-order valence-electron chi connectivity index (χ4n) is 4.17. The lowest BCUT2D eigenvalue weighted by molar-refractivity contribution is 0.102. The highest BCUT2D eigenvalue weighted by molar-refractivity contribution is 6.03. The molecule has 0 spiro atoms. The Morgan fingerprint density at radius 1 is 0.609 bits per heavy atom. The molecular weight excluding hydrogens is 580 g/mol. The predicted octanol–water partition coefficient (Wildman–Crippen LogP) is 4.85. The molecule has 13 heteroatoms. The summed E-state index contributed by atoms with van der Waals surface area (Å²) in [5.41, 5.74) is 14.7. The third-order valence-corrected chi connectivity index (χ3v) is 6.67. The van der Waals surface area contributed by atoms with Gasteiger partial charge in [0.25, 0.3) is 5.91 Å². The Bertz CT molecular complexity index is 1890. The lowest BCUT2D eigenvalue weighted by Crippen LogP contribution is -2.12. The van der Waals surface area contributed by atoms with Gasteiger partial charge in [-0.2, -0.15) is 4.98 Å². The van der Waals surface area contributed by atoms with Crippen molar-refractivity contribution in [1.29, 1.82) is 0 Å². The number of nitrogens with two attached hydrogens (primary N) is 2. The number of aromatic nitrogens is 9. The third kappa shape index (κ3) is 7.65. The molecule has 4 aromatic carbocycles. The largest absolute Gasteiger partial charge is 0.368 e. The Morgan fingerprint density at radius 2 is 1.02 bits per heavy atom. The van der Waals surface area contributed by atoms with Gasteiger partial charge < -0.3 is 11.5 Å². The number of hydrogen-bond donors (Lipinski definition) is 4. The molecule has 3 heterocycles. The van der Waals surface area contributed by atoms with Crippen molar-refractivity contribution in [3.05, 3.63) is 127 Å². The summed E-state index contributed by atoms with van der Waals surface area (Å²) in [4.78, 5) is 16.2. The number of benzene rings is 4. The highest BCUT2D eigenvalue weighted by atomic mass is 16.1. The molecule has 1 amide bonds. The van der Waals surface area contributed by atoms with Crippen LogP contribution in [0.5, 0.6) is 0 Å². The number of nitrogens with zero attached hydrogens (tertiary/aromatic N) is 8. The van der Waals surface area contributed by atoms with E-state index in [0.717, 1.165) is 28.3 Å². The van der Waals surface area contributed by atoms with Gasteiger partial charge in [-0.05, 0) is 12.1 Å². The topological polar surface area (TPSA) is 184 Å². The third-order valence-electron chi connectivity index (χ3n) is 6.67. The van der Waals surface area contributed by atoms with Gasteiger partial charge in [0.05, 0.1) is 0 Å². The molecule has 0 atom stereocenters. The van der Waals surface area contributed by atoms with Crippen molar-refractivity contribution in [2.45, 2.75) is 0 Å². The minimum absolute atomic E-state index is 0.232. The molecular formula is C33H32N12O. The minimum Gasteiger partial charge on any atom is -0.368 e. The van der Waals surface area contributed by atoms with Crippen LogP contribution in [0.15, 0.2) is 121 Å². The summed E-state index contributed by atoms with van der Waals surface area (Å²) >= 11 is 0. The fourth-order valence-corrected chi connectivity index (χ4v) is 4.17. The van der Waals surface area contributed by atoms with Crippen molar-refractivity contribution >= 4 is 23.8 Å². The van der Waals surface area contributed by atoms with E-state index in [2.05, 4.69) is 40.9 Å². The van der Waals surface area contributed by atoms with Gasteiger partial charge in [0.2, 0.25) is 17.8 Å². The lowest BCUT2D eigenvalue weighted by Gasteiger charge is -1.99. The van der Waals surface area contributed by atoms with E-state index in [9.17, 15) is 4.79 Å². The molecule has 3 aromatic heterocycles. The van der Waals surface area contributed by atoms with Crippen molar-refractivity contribution in [3.63, 3.8) is 0 Å². The van der Waals surface area contributed by atoms with Crippen LogP contribution in [0.25, 0.3) is 34.2 Å². The van der Waals surface area contributed by atoms with Crippen molar-refractivity contribution in [2.75, 3.05) is 16.8 Å². The maximum absolute atomic E-state index is 12.0. The van der Waals surface area contributed by atoms with Crippen LogP contribution in [0.4, 0.5) is 17.8 Å². The van der Waals surface area contributed by atoms with Crippen LogP contribution in [0.1, 0.15) is 10.4 Å². The molecule has 0 aliphatic heterocycles. The summed E-state index contributed by atoms with van der Waals surface area (Å²) in [6, 6.07) is 38.2. The van der Waals surface area contributed by atoms with Gasteiger partial charge in [0, 0.05) is 36.3 Å². The second-order valence-electron chi connectivity index (χ2n) is 9.81. The number of nitrogen functional groups attached to an aromatic ring is 2. The molecule has 0 aliphatic rings. The first-order valence-corrected chi connectivity index (χ1v) is 14.2. The number of carbonyl (C=O) groups excluding carboxylic acids is 1. The zero-order valence-electron chi connectivity index (χ0n) is 25.2. The van der Waals surface area contributed by atoms with Crippen molar-refractivity contribution in [1.82, 2.24) is 44.7 Å². The first kappa shape index (κ1) is 30.8. The fraction of sp³-hybridized carbons (Fsp3) is 0.0606. The maximum Gasteiger partial charge on any atom is 0.258 e. The number of amides is 1. The minimum atomic E-state index is -0.232. The van der Waals surface area contributed by atoms with E-state index in [1.54, 1.807) is 21.3 Å². The molecule has 0 aliphatic carbocycles. The van der Waals surface area contributed by atoms with E-state index in [1.807, 2.05) is 123 Å². The Kier molecular flexibility index (Phi) is 9.85. The molecule has 7 aromatic rings. The van der Waals surface area contributed by atoms with Crippen LogP contribution in [0, 0.1) is 0 Å². The average molecular weight is 613 g/mol. The van der Waals surface area contributed by atoms with E-state index in [1.165, 1.54) is 0 Å². The summed E-state index contributed by atoms with van der Waals surface area (Å²) in [5, 5.41) is 25.0. The molecule has 0 saturated heterocycles. The normalized spacial score (nSPS) is 10.2. The number of aromatic amines is 1. The monoisotopic (exact) mass is 612 g/mol. The molecule has 0 fully saturated rings. The molecule has 7 rings (SSSR count). The lowest BCUT2D eigenvalue weighted by atomic mass is 10.2. The van der Waals surface area contributed by atoms with Gasteiger partial charge in [-0.25, -0.2) is 0 Å². The molecule has 0 unspecified atom stereocenters. The van der Waals surface area contributed by atoms with Crippen LogP contribution < -0.4 is 16.8 Å². The molecule has 0 bridgehead atoms. The standard InChI is InChI=1S/C15H12N4O.2C9H10N4/c20-14(12-9-5-2-6-10-12)17-15-16-13(18-19-15)11-7-3-1-4-8-11;2*1-13-8(11-12-9(13)10)7-5-3-2-4-6-7/h1-10H,(H2,16,17,18,19,20);2*2-6H,1H3,(H2,10,12). The van der Waals surface area contributed by atoms with Crippen LogP contribution in [0.3, 0.4) is 0 Å². The van der Waals surface area contributed by atoms with Gasteiger partial charge in [0.1, 0.15) is 0 Å². The number of hydrogen-bond acceptors (Lipinski definition) is 9. The van der Waals surface area contributed by atoms with Gasteiger partial charge in [-0.3, -0.25) is 24.3 Å². The SMILES string of the molecule is Cn1c(N)nnc1-c1ccccc1.Cn1c(N)nnc1-c1ccccc1.O=C(Nc1n[nH]c(-c2ccccc2)n1)c1ccccc1. The molecule has 6 N–H and O–H groups in total. The van der Waals surface area contributed by atoms with Crippen molar-refractivity contribution < 1.29 is 4.79 Å². The summed E-state index contributed by atoms with van der Waals surface area (Å²) in [5.74, 6) is 3.09. The first-order valence-electron chi connectivity index (χ1n) is 14.2. The number of carbonyl (C=O) groups is 1. The summed E-state index contributed by atoms with van der Waals surface area (Å²) < 4.78 is 3.52. The summed E-state index contributed by atoms with van der Waals surface area (Å²) in [7, 11) is 3.69. The molecule has 230 valence electrons. The number of anilines is 3. The van der Waals surface area contributed by atoms with E-state index in [4.69, 9.17) is 11.5 Å². The van der Waals surface area contributed by atoms with E-state index in [-0.39, 0.29) is 11.9 Å². The van der Waals surface area contributed by atoms with Gasteiger partial charge in [-0.15, -0.1) is 25.5 Å². The second kappa shape index (κ2) is 14.7. The zero-order chi connectivity index (χ0) is 32.3. The first-order chi connectivity index (χ1) is 22.4. The average Bonchev–Trinajstić information content (AvgIpc) is 3.82. The quantitative estimate of drug-likeness (QED) is 0.211. The molecule has 13 nitrogen and oxygen atoms in total. The van der Waals surface area contributed by atoms with Gasteiger partial charge in [-0.1, -0.05) is 109 Å². The Morgan fingerprint density at radius 3 is 1.43 bits per heavy atom. The van der Waals surface area contributed by atoms with Gasteiger partial charge in [0.15, 0.2) is 17.5 Å². The Labute approximate surface area is 265 Å². The Balaban J connectivity index is 0.000000141. The highest BCUT2D eigenvalue weighted by Crippen LogP contribution is 2.18. The predicted molar refractivity (Wildman–Crippen MR) is 178 cm³/mol. The smallest absolute Gasteiger partial charge is 0.258 e. The van der Waals surface area contributed by atoms with E-state index >= 15 is 0 Å². The van der Waals surface area contributed by atoms with E-state index < -0.39 is 0 Å². The van der Waals surface area contributed by atoms with E-state index in [0.29, 0.717) is 23.3 Å². The maximum atomic E-state index is 12.0. The van der Waals surface area contributed by atoms with Crippen molar-refractivity contribution in [3.8, 4) is 34.2 Å². The highest BCUT2D eigenvalue weighted by Gasteiger charge is 2.10. The van der Waals surface area contributed by atoms with Crippen molar-refractivity contribution in [2.24, 2.45) is 14.1 Å². The molecule has 0 radical (unpaired) electrons. The summed E-state index contributed by atoms with van der Waals surface area (Å²) in [6.07, 6.45) is 0. The van der Waals surface area contributed by atoms with Gasteiger partial charge >= 0.3 is 0 Å².